The Morgan fingerprint density at radius 2 is 1.22 bits per heavy atom. The van der Waals surface area contributed by atoms with Crippen molar-refractivity contribution in [2.45, 2.75) is 50.9 Å². The molecule has 0 N–H and O–H groups in total. The third kappa shape index (κ3) is 6.03. The number of anilines is 3. The van der Waals surface area contributed by atoms with Gasteiger partial charge in [0.05, 0.1) is 11.4 Å². The van der Waals surface area contributed by atoms with Gasteiger partial charge in [0.2, 0.25) is 0 Å². The molecule has 2 aliphatic rings. The average Bonchev–Trinajstić information content (AvgIpc) is 3.67. The van der Waals surface area contributed by atoms with E-state index < -0.39 is 0 Å². The Hall–Kier alpha value is -6.64. The van der Waals surface area contributed by atoms with Gasteiger partial charge in [-0.3, -0.25) is 0 Å². The second kappa shape index (κ2) is 14.7. The van der Waals surface area contributed by atoms with E-state index in [9.17, 15) is 0 Å². The quantitative estimate of drug-likeness (QED) is 0.161. The lowest BCUT2D eigenvalue weighted by atomic mass is 9.80. The van der Waals surface area contributed by atoms with Crippen LogP contribution in [-0.4, -0.2) is 0 Å². The van der Waals surface area contributed by atoms with Gasteiger partial charge in [0.25, 0.3) is 0 Å². The van der Waals surface area contributed by atoms with Crippen molar-refractivity contribution in [1.82, 2.24) is 0 Å². The lowest BCUT2D eigenvalue weighted by Gasteiger charge is -2.32. The van der Waals surface area contributed by atoms with Crippen molar-refractivity contribution in [1.29, 1.82) is 0 Å². The van der Waals surface area contributed by atoms with Crippen molar-refractivity contribution in [2.24, 2.45) is 0 Å². The Morgan fingerprint density at radius 3 is 2.14 bits per heavy atom. The van der Waals surface area contributed by atoms with Crippen molar-refractivity contribution >= 4 is 61.4 Å². The van der Waals surface area contributed by atoms with Gasteiger partial charge in [0.15, 0.2) is 0 Å². The summed E-state index contributed by atoms with van der Waals surface area (Å²) in [4.78, 5) is 2.54. The van der Waals surface area contributed by atoms with E-state index in [2.05, 4.69) is 187 Å². The third-order valence-electron chi connectivity index (χ3n) is 12.7. The van der Waals surface area contributed by atoms with Crippen LogP contribution in [-0.2, 0) is 0 Å². The zero-order chi connectivity index (χ0) is 38.4. The molecular weight excluding hydrogens is 703 g/mol. The summed E-state index contributed by atoms with van der Waals surface area (Å²) >= 11 is 0. The molecule has 0 aliphatic heterocycles. The number of furan rings is 1. The molecule has 8 aromatic carbocycles. The number of fused-ring (bicyclic) bond motifs is 5. The molecule has 1 aromatic heterocycles. The highest BCUT2D eigenvalue weighted by molar-refractivity contribution is 6.07. The number of hydrogen-bond acceptors (Lipinski definition) is 2. The van der Waals surface area contributed by atoms with Crippen molar-refractivity contribution in [3.05, 3.63) is 197 Å². The van der Waals surface area contributed by atoms with E-state index in [1.807, 2.05) is 0 Å². The SMILES string of the molecule is C1=c2cccc(C3CCCCC3)c2=C(c2ccccc2N(c2ccc3oc4ccccc4c3c2)c2cc(-c3cccc4ccccc34)ccc2-c2ccccc2)CC1. The highest BCUT2D eigenvalue weighted by Crippen LogP contribution is 2.47. The molecule has 2 nitrogen and oxygen atoms in total. The molecule has 0 amide bonds. The fraction of sp³-hybridized carbons (Fsp3) is 0.143. The summed E-state index contributed by atoms with van der Waals surface area (Å²) in [5.41, 5.74) is 14.3. The molecule has 1 heterocycles. The van der Waals surface area contributed by atoms with Crippen molar-refractivity contribution in [3.8, 4) is 22.3 Å². The van der Waals surface area contributed by atoms with Crippen LogP contribution in [0.15, 0.2) is 180 Å². The highest BCUT2D eigenvalue weighted by Gasteiger charge is 2.26. The Morgan fingerprint density at radius 1 is 0.483 bits per heavy atom. The molecular formula is C56H45NO. The van der Waals surface area contributed by atoms with E-state index in [1.54, 1.807) is 5.56 Å². The van der Waals surface area contributed by atoms with Gasteiger partial charge in [-0.2, -0.15) is 0 Å². The predicted octanol–water partition coefficient (Wildman–Crippen LogP) is 14.4. The molecule has 2 heteroatoms. The lowest BCUT2D eigenvalue weighted by molar-refractivity contribution is 0.442. The minimum Gasteiger partial charge on any atom is -0.456 e. The van der Waals surface area contributed by atoms with Crippen LogP contribution in [0, 0.1) is 0 Å². The maximum Gasteiger partial charge on any atom is 0.135 e. The summed E-state index contributed by atoms with van der Waals surface area (Å²) in [6, 6.07) is 64.8. The third-order valence-corrected chi connectivity index (χ3v) is 12.7. The van der Waals surface area contributed by atoms with Crippen molar-refractivity contribution in [2.75, 3.05) is 4.90 Å². The minimum absolute atomic E-state index is 0.604. The zero-order valence-electron chi connectivity index (χ0n) is 32.7. The van der Waals surface area contributed by atoms with Crippen molar-refractivity contribution < 1.29 is 4.42 Å². The summed E-state index contributed by atoms with van der Waals surface area (Å²) in [6.45, 7) is 0. The molecule has 0 saturated heterocycles. The van der Waals surface area contributed by atoms with E-state index >= 15 is 0 Å². The zero-order valence-corrected chi connectivity index (χ0v) is 32.7. The van der Waals surface area contributed by atoms with Gasteiger partial charge >= 0.3 is 0 Å². The lowest BCUT2D eigenvalue weighted by Crippen LogP contribution is -2.35. The molecule has 0 radical (unpaired) electrons. The van der Waals surface area contributed by atoms with Gasteiger partial charge in [-0.1, -0.05) is 165 Å². The number of benzene rings is 8. The van der Waals surface area contributed by atoms with Gasteiger partial charge in [0.1, 0.15) is 11.2 Å². The van der Waals surface area contributed by atoms with Crippen LogP contribution in [0.4, 0.5) is 17.1 Å². The molecule has 11 rings (SSSR count). The Labute approximate surface area is 340 Å². The molecule has 0 bridgehead atoms. The van der Waals surface area contributed by atoms with Gasteiger partial charge in [0, 0.05) is 27.6 Å². The Balaban J connectivity index is 1.22. The maximum absolute atomic E-state index is 6.41. The number of rotatable bonds is 7. The second-order valence-corrected chi connectivity index (χ2v) is 16.1. The first-order chi connectivity index (χ1) is 28.8. The van der Waals surface area contributed by atoms with Crippen LogP contribution in [0.1, 0.15) is 62.0 Å². The second-order valence-electron chi connectivity index (χ2n) is 16.1. The number of nitrogens with zero attached hydrogens (tertiary/aromatic N) is 1. The van der Waals surface area contributed by atoms with E-state index in [-0.39, 0.29) is 0 Å². The van der Waals surface area contributed by atoms with E-state index in [0.29, 0.717) is 5.92 Å². The molecule has 0 unspecified atom stereocenters. The average molecular weight is 748 g/mol. The predicted molar refractivity (Wildman–Crippen MR) is 245 cm³/mol. The van der Waals surface area contributed by atoms with Crippen LogP contribution in [0.25, 0.3) is 66.6 Å². The maximum atomic E-state index is 6.41. The number of hydrogen-bond donors (Lipinski definition) is 0. The Bertz CT molecular complexity index is 3110. The van der Waals surface area contributed by atoms with Crippen molar-refractivity contribution in [3.63, 3.8) is 0 Å². The fourth-order valence-corrected chi connectivity index (χ4v) is 10.0. The molecule has 1 fully saturated rings. The van der Waals surface area contributed by atoms with E-state index in [1.165, 1.54) is 92.4 Å². The molecule has 1 saturated carbocycles. The molecule has 58 heavy (non-hydrogen) atoms. The van der Waals surface area contributed by atoms with Gasteiger partial charge < -0.3 is 9.32 Å². The number of para-hydroxylation sites is 2. The molecule has 2 aliphatic carbocycles. The van der Waals surface area contributed by atoms with Crippen LogP contribution >= 0.6 is 0 Å². The first kappa shape index (κ1) is 34.6. The summed E-state index contributed by atoms with van der Waals surface area (Å²) in [6.07, 6.45) is 11.1. The molecule has 0 atom stereocenters. The van der Waals surface area contributed by atoms with Gasteiger partial charge in [-0.25, -0.2) is 0 Å². The van der Waals surface area contributed by atoms with Crippen LogP contribution in [0.2, 0.25) is 0 Å². The van der Waals surface area contributed by atoms with Crippen LogP contribution < -0.4 is 15.3 Å². The molecule has 9 aromatic rings. The minimum atomic E-state index is 0.604. The first-order valence-corrected chi connectivity index (χ1v) is 21.1. The van der Waals surface area contributed by atoms with Gasteiger partial charge in [-0.15, -0.1) is 0 Å². The summed E-state index contributed by atoms with van der Waals surface area (Å²) < 4.78 is 6.41. The topological polar surface area (TPSA) is 16.4 Å². The summed E-state index contributed by atoms with van der Waals surface area (Å²) in [5, 5.41) is 7.60. The fourth-order valence-electron chi connectivity index (χ4n) is 10.0. The highest BCUT2D eigenvalue weighted by atomic mass is 16.3. The van der Waals surface area contributed by atoms with Crippen LogP contribution in [0.5, 0.6) is 0 Å². The smallest absolute Gasteiger partial charge is 0.135 e. The van der Waals surface area contributed by atoms with E-state index in [0.717, 1.165) is 46.2 Å². The van der Waals surface area contributed by atoms with E-state index in [4.69, 9.17) is 4.42 Å². The standard InChI is InChI=1S/C56H45NO/c1-3-16-39(17-4-1)46-34-32-42(45-27-13-21-38-20-7-8-24-44(38)45)36-53(46)57(43-33-35-55-51(37-43)49-26-10-12-31-54(49)58-55)52-30-11-9-25-48(52)50-29-15-23-41-22-14-28-47(56(41)50)40-18-5-2-6-19-40/h1,3-4,7-14,16-17,20-28,30-37,40H,2,5-6,15,18-19,29H2. The van der Waals surface area contributed by atoms with Crippen LogP contribution in [0.3, 0.4) is 0 Å². The first-order valence-electron chi connectivity index (χ1n) is 21.1. The molecule has 280 valence electrons. The Kier molecular flexibility index (Phi) is 8.77. The summed E-state index contributed by atoms with van der Waals surface area (Å²) in [5.74, 6) is 0.604. The molecule has 0 spiro atoms. The summed E-state index contributed by atoms with van der Waals surface area (Å²) in [7, 11) is 0. The monoisotopic (exact) mass is 747 g/mol. The normalized spacial score (nSPS) is 14.4. The van der Waals surface area contributed by atoms with Gasteiger partial charge in [-0.05, 0) is 117 Å². The largest absolute Gasteiger partial charge is 0.456 e.